The first kappa shape index (κ1) is 10.2. The number of nitrogens with zero attached hydrogens (tertiary/aromatic N) is 1. The van der Waals surface area contributed by atoms with Crippen LogP contribution in [0, 0.1) is 0 Å². The Balaban J connectivity index is 3.89. The highest BCUT2D eigenvalue weighted by atomic mass is 16.4. The first-order valence-electron chi connectivity index (χ1n) is 3.49. The van der Waals surface area contributed by atoms with E-state index in [1.54, 1.807) is 0 Å². The number of hydrogen-bond acceptors (Lipinski definition) is 2. The van der Waals surface area contributed by atoms with Crippen molar-refractivity contribution < 1.29 is 9.90 Å². The lowest BCUT2D eigenvalue weighted by Gasteiger charge is -2.27. The van der Waals surface area contributed by atoms with Crippen LogP contribution in [0.25, 0.3) is 0 Å². The van der Waals surface area contributed by atoms with Gasteiger partial charge in [0.15, 0.2) is 0 Å². The fourth-order valence-electron chi connectivity index (χ4n) is 1.12. The van der Waals surface area contributed by atoms with Gasteiger partial charge in [0.25, 0.3) is 0 Å². The summed E-state index contributed by atoms with van der Waals surface area (Å²) in [4.78, 5) is 12.2. The van der Waals surface area contributed by atoms with E-state index in [1.165, 1.54) is 0 Å². The monoisotopic (exact) mass is 160 g/mol. The maximum atomic E-state index is 10.3. The van der Waals surface area contributed by atoms with Crippen LogP contribution >= 0.6 is 0 Å². The molecule has 0 unspecified atom stereocenters. The van der Waals surface area contributed by atoms with E-state index in [2.05, 4.69) is 5.32 Å². The molecule has 0 aliphatic carbocycles. The van der Waals surface area contributed by atoms with Crippen molar-refractivity contribution in [3.8, 4) is 0 Å². The number of rotatable bonds is 3. The van der Waals surface area contributed by atoms with Crippen molar-refractivity contribution in [1.82, 2.24) is 10.2 Å². The second-order valence-corrected chi connectivity index (χ2v) is 3.55. The lowest BCUT2D eigenvalue weighted by Crippen LogP contribution is -2.49. The summed E-state index contributed by atoms with van der Waals surface area (Å²) in [5, 5.41) is 10.9. The fraction of sp³-hybridized carbons (Fsp3) is 0.857. The Labute approximate surface area is 67.2 Å². The second-order valence-electron chi connectivity index (χ2n) is 3.55. The highest BCUT2D eigenvalue weighted by molar-refractivity contribution is 5.65. The van der Waals surface area contributed by atoms with E-state index in [1.807, 2.05) is 32.8 Å². The fourth-order valence-corrected chi connectivity index (χ4v) is 1.12. The SMILES string of the molecule is CN(C)CC(C)(C)NC(=O)O. The van der Waals surface area contributed by atoms with Crippen LogP contribution in [0.1, 0.15) is 13.8 Å². The first-order chi connectivity index (χ1) is 4.83. The Morgan fingerprint density at radius 3 is 2.27 bits per heavy atom. The molecule has 0 spiro atoms. The molecule has 1 amide bonds. The minimum atomic E-state index is -0.975. The van der Waals surface area contributed by atoms with Gasteiger partial charge < -0.3 is 15.3 Å². The molecule has 0 bridgehead atoms. The molecule has 2 N–H and O–H groups in total. The molecule has 11 heavy (non-hydrogen) atoms. The maximum Gasteiger partial charge on any atom is 0.405 e. The number of carbonyl (C=O) groups is 1. The third kappa shape index (κ3) is 5.66. The van der Waals surface area contributed by atoms with E-state index in [0.29, 0.717) is 6.54 Å². The van der Waals surface area contributed by atoms with E-state index in [0.717, 1.165) is 0 Å². The van der Waals surface area contributed by atoms with Crippen LogP contribution in [0.3, 0.4) is 0 Å². The molecule has 0 aromatic rings. The van der Waals surface area contributed by atoms with Crippen LogP contribution in [0.2, 0.25) is 0 Å². The number of nitrogens with one attached hydrogen (secondary N) is 1. The van der Waals surface area contributed by atoms with Gasteiger partial charge in [0.05, 0.1) is 5.54 Å². The molecular weight excluding hydrogens is 144 g/mol. The zero-order valence-electron chi connectivity index (χ0n) is 7.51. The van der Waals surface area contributed by atoms with Gasteiger partial charge in [-0.1, -0.05) is 0 Å². The van der Waals surface area contributed by atoms with Crippen LogP contribution in [0.4, 0.5) is 4.79 Å². The molecule has 4 heteroatoms. The normalized spacial score (nSPS) is 11.7. The van der Waals surface area contributed by atoms with Crippen LogP contribution in [-0.2, 0) is 0 Å². The number of hydrogen-bond donors (Lipinski definition) is 2. The Morgan fingerprint density at radius 1 is 1.55 bits per heavy atom. The summed E-state index contributed by atoms with van der Waals surface area (Å²) < 4.78 is 0. The molecule has 0 fully saturated rings. The topological polar surface area (TPSA) is 52.6 Å². The Kier molecular flexibility index (Phi) is 3.32. The van der Waals surface area contributed by atoms with Crippen LogP contribution in [0.15, 0.2) is 0 Å². The molecule has 0 radical (unpaired) electrons. The van der Waals surface area contributed by atoms with Gasteiger partial charge in [-0.05, 0) is 27.9 Å². The summed E-state index contributed by atoms with van der Waals surface area (Å²) in [5.41, 5.74) is -0.380. The smallest absolute Gasteiger partial charge is 0.405 e. The Bertz CT molecular complexity index is 143. The van der Waals surface area contributed by atoms with E-state index < -0.39 is 6.09 Å². The Morgan fingerprint density at radius 2 is 2.00 bits per heavy atom. The van der Waals surface area contributed by atoms with Gasteiger partial charge in [0.1, 0.15) is 0 Å². The van der Waals surface area contributed by atoms with Crippen LogP contribution < -0.4 is 5.32 Å². The molecule has 0 aliphatic heterocycles. The van der Waals surface area contributed by atoms with Gasteiger partial charge in [0.2, 0.25) is 0 Å². The summed E-state index contributed by atoms with van der Waals surface area (Å²) in [6, 6.07) is 0. The zero-order chi connectivity index (χ0) is 9.07. The average molecular weight is 160 g/mol. The number of likely N-dealkylation sites (N-methyl/N-ethyl adjacent to an activating group) is 1. The zero-order valence-corrected chi connectivity index (χ0v) is 7.51. The van der Waals surface area contributed by atoms with E-state index >= 15 is 0 Å². The van der Waals surface area contributed by atoms with Crippen LogP contribution in [0.5, 0.6) is 0 Å². The predicted octanol–water partition coefficient (Wildman–Crippen LogP) is 0.594. The van der Waals surface area contributed by atoms with Crippen molar-refractivity contribution >= 4 is 6.09 Å². The molecule has 0 saturated carbocycles. The molecule has 0 atom stereocenters. The molecule has 66 valence electrons. The van der Waals surface area contributed by atoms with Crippen LogP contribution in [-0.4, -0.2) is 42.3 Å². The van der Waals surface area contributed by atoms with Crippen molar-refractivity contribution in [1.29, 1.82) is 0 Å². The van der Waals surface area contributed by atoms with Gasteiger partial charge >= 0.3 is 6.09 Å². The molecule has 4 nitrogen and oxygen atoms in total. The molecule has 0 aromatic heterocycles. The second kappa shape index (κ2) is 3.57. The van der Waals surface area contributed by atoms with Crippen molar-refractivity contribution in [2.24, 2.45) is 0 Å². The molecule has 0 aromatic carbocycles. The lowest BCUT2D eigenvalue weighted by atomic mass is 10.1. The number of amides is 1. The molecule has 0 saturated heterocycles. The van der Waals surface area contributed by atoms with Gasteiger partial charge in [-0.15, -0.1) is 0 Å². The van der Waals surface area contributed by atoms with Crippen molar-refractivity contribution in [3.63, 3.8) is 0 Å². The van der Waals surface area contributed by atoms with Gasteiger partial charge in [-0.25, -0.2) is 4.79 Å². The van der Waals surface area contributed by atoms with E-state index in [-0.39, 0.29) is 5.54 Å². The van der Waals surface area contributed by atoms with Crippen molar-refractivity contribution in [2.75, 3.05) is 20.6 Å². The van der Waals surface area contributed by atoms with E-state index in [4.69, 9.17) is 5.11 Å². The largest absolute Gasteiger partial charge is 0.465 e. The van der Waals surface area contributed by atoms with Gasteiger partial charge in [-0.3, -0.25) is 0 Å². The van der Waals surface area contributed by atoms with Gasteiger partial charge in [0, 0.05) is 6.54 Å². The number of carboxylic acid groups (broad SMARTS) is 1. The van der Waals surface area contributed by atoms with Crippen molar-refractivity contribution in [3.05, 3.63) is 0 Å². The van der Waals surface area contributed by atoms with Crippen molar-refractivity contribution in [2.45, 2.75) is 19.4 Å². The quantitative estimate of drug-likeness (QED) is 0.635. The molecule has 0 aliphatic rings. The third-order valence-corrected chi connectivity index (χ3v) is 1.16. The molecule has 0 rings (SSSR count). The summed E-state index contributed by atoms with van der Waals surface area (Å²) in [5.74, 6) is 0. The third-order valence-electron chi connectivity index (χ3n) is 1.16. The highest BCUT2D eigenvalue weighted by Gasteiger charge is 2.20. The predicted molar refractivity (Wildman–Crippen MR) is 43.8 cm³/mol. The minimum absolute atomic E-state index is 0.380. The average Bonchev–Trinajstić information content (AvgIpc) is 1.53. The lowest BCUT2D eigenvalue weighted by molar-refractivity contribution is 0.174. The maximum absolute atomic E-state index is 10.3. The minimum Gasteiger partial charge on any atom is -0.465 e. The standard InChI is InChI=1S/C7H16N2O2/c1-7(2,5-9(3)4)8-6(10)11/h8H,5H2,1-4H3,(H,10,11). The summed E-state index contributed by atoms with van der Waals surface area (Å²) in [6.07, 6.45) is -0.975. The first-order valence-corrected chi connectivity index (χ1v) is 3.49. The Hall–Kier alpha value is -0.770. The molecule has 0 heterocycles. The molecular formula is C7H16N2O2. The van der Waals surface area contributed by atoms with E-state index in [9.17, 15) is 4.79 Å². The summed E-state index contributed by atoms with van der Waals surface area (Å²) >= 11 is 0. The summed E-state index contributed by atoms with van der Waals surface area (Å²) in [7, 11) is 3.82. The highest BCUT2D eigenvalue weighted by Crippen LogP contribution is 2.02. The van der Waals surface area contributed by atoms with Gasteiger partial charge in [-0.2, -0.15) is 0 Å². The summed E-state index contributed by atoms with van der Waals surface area (Å²) in [6.45, 7) is 4.39.